The number of hydrogen-bond acceptors (Lipinski definition) is 3. The predicted octanol–water partition coefficient (Wildman–Crippen LogP) is 4.31. The third-order valence-electron chi connectivity index (χ3n) is 4.79. The standard InChI is InChI=1S/C22H45N3O2/c1-5-7-9-11-13-15-21(26)23-17-19(3)25-20(4)18-24-22(27)16-14-12-10-8-6-2/h19-20,25H,5-18H2,1-4H3,(H,23,26)(H,24,27). The lowest BCUT2D eigenvalue weighted by Gasteiger charge is -2.21. The number of rotatable bonds is 18. The van der Waals surface area contributed by atoms with Crippen molar-refractivity contribution in [3.8, 4) is 0 Å². The van der Waals surface area contributed by atoms with Crippen molar-refractivity contribution in [3.63, 3.8) is 0 Å². The van der Waals surface area contributed by atoms with Crippen molar-refractivity contribution in [3.05, 3.63) is 0 Å². The van der Waals surface area contributed by atoms with E-state index in [1.807, 2.05) is 0 Å². The summed E-state index contributed by atoms with van der Waals surface area (Å²) < 4.78 is 0. The molecule has 0 rings (SSSR count). The van der Waals surface area contributed by atoms with Gasteiger partial charge in [0.15, 0.2) is 0 Å². The molecule has 160 valence electrons. The highest BCUT2D eigenvalue weighted by atomic mass is 16.2. The molecule has 5 heteroatoms. The summed E-state index contributed by atoms with van der Waals surface area (Å²) in [6.07, 6.45) is 12.9. The van der Waals surface area contributed by atoms with Gasteiger partial charge >= 0.3 is 0 Å². The van der Waals surface area contributed by atoms with Gasteiger partial charge in [0.05, 0.1) is 0 Å². The van der Waals surface area contributed by atoms with Crippen molar-refractivity contribution in [1.29, 1.82) is 0 Å². The minimum absolute atomic E-state index is 0.143. The normalized spacial score (nSPS) is 13.2. The molecule has 27 heavy (non-hydrogen) atoms. The molecule has 2 unspecified atom stereocenters. The molecule has 0 aromatic heterocycles. The van der Waals surface area contributed by atoms with Gasteiger partial charge in [-0.2, -0.15) is 0 Å². The summed E-state index contributed by atoms with van der Waals surface area (Å²) in [7, 11) is 0. The summed E-state index contributed by atoms with van der Waals surface area (Å²) in [5, 5.41) is 9.43. The number of carbonyl (C=O) groups excluding carboxylic acids is 2. The van der Waals surface area contributed by atoms with Gasteiger partial charge in [-0.05, 0) is 26.7 Å². The van der Waals surface area contributed by atoms with E-state index in [2.05, 4.69) is 43.6 Å². The van der Waals surface area contributed by atoms with Gasteiger partial charge in [-0.1, -0.05) is 65.2 Å². The molecular weight excluding hydrogens is 338 g/mol. The molecule has 0 aliphatic rings. The summed E-state index contributed by atoms with van der Waals surface area (Å²) in [6, 6.07) is 0.380. The Labute approximate surface area is 167 Å². The average molecular weight is 384 g/mol. The zero-order chi connectivity index (χ0) is 20.3. The molecule has 0 aromatic rings. The average Bonchev–Trinajstić information content (AvgIpc) is 2.64. The predicted molar refractivity (Wildman–Crippen MR) is 115 cm³/mol. The molecule has 5 nitrogen and oxygen atoms in total. The van der Waals surface area contributed by atoms with Crippen LogP contribution in [0.4, 0.5) is 0 Å². The van der Waals surface area contributed by atoms with Crippen molar-refractivity contribution in [2.45, 2.75) is 117 Å². The van der Waals surface area contributed by atoms with Crippen molar-refractivity contribution in [2.75, 3.05) is 13.1 Å². The minimum atomic E-state index is 0.143. The quantitative estimate of drug-likeness (QED) is 0.309. The van der Waals surface area contributed by atoms with Crippen LogP contribution in [0.1, 0.15) is 105 Å². The molecule has 0 saturated heterocycles. The Balaban J connectivity index is 3.66. The lowest BCUT2D eigenvalue weighted by Crippen LogP contribution is -2.47. The van der Waals surface area contributed by atoms with E-state index < -0.39 is 0 Å². The first kappa shape index (κ1) is 25.9. The van der Waals surface area contributed by atoms with Crippen LogP contribution < -0.4 is 16.0 Å². The SMILES string of the molecule is CCCCCCCC(=O)NCC(C)NC(C)CNC(=O)CCCCCCC. The van der Waals surface area contributed by atoms with Crippen LogP contribution in [-0.4, -0.2) is 37.0 Å². The molecule has 0 aliphatic heterocycles. The highest BCUT2D eigenvalue weighted by Crippen LogP contribution is 2.05. The first-order valence-electron chi connectivity index (χ1n) is 11.3. The maximum Gasteiger partial charge on any atom is 0.220 e. The smallest absolute Gasteiger partial charge is 0.220 e. The third kappa shape index (κ3) is 18.0. The Bertz CT molecular complexity index is 341. The zero-order valence-corrected chi connectivity index (χ0v) is 18.4. The second-order valence-corrected chi connectivity index (χ2v) is 7.91. The van der Waals surface area contributed by atoms with E-state index in [-0.39, 0.29) is 23.9 Å². The Morgan fingerprint density at radius 2 is 1.00 bits per heavy atom. The lowest BCUT2D eigenvalue weighted by atomic mass is 10.1. The van der Waals surface area contributed by atoms with Crippen LogP contribution in [0.5, 0.6) is 0 Å². The van der Waals surface area contributed by atoms with E-state index in [1.54, 1.807) is 0 Å². The molecular formula is C22H45N3O2. The van der Waals surface area contributed by atoms with Gasteiger partial charge in [0.1, 0.15) is 0 Å². The summed E-state index contributed by atoms with van der Waals surface area (Å²) >= 11 is 0. The lowest BCUT2D eigenvalue weighted by molar-refractivity contribution is -0.121. The number of nitrogens with one attached hydrogen (secondary N) is 3. The van der Waals surface area contributed by atoms with Crippen LogP contribution in [0.25, 0.3) is 0 Å². The van der Waals surface area contributed by atoms with E-state index in [1.165, 1.54) is 38.5 Å². The van der Waals surface area contributed by atoms with Crippen LogP contribution in [0.15, 0.2) is 0 Å². The fourth-order valence-electron chi connectivity index (χ4n) is 3.09. The Kier molecular flexibility index (Phi) is 17.5. The maximum atomic E-state index is 11.9. The van der Waals surface area contributed by atoms with Gasteiger partial charge in [0, 0.05) is 38.0 Å². The molecule has 0 saturated carbocycles. The molecule has 3 N–H and O–H groups in total. The highest BCUT2D eigenvalue weighted by Gasteiger charge is 2.10. The highest BCUT2D eigenvalue weighted by molar-refractivity contribution is 5.76. The summed E-state index contributed by atoms with van der Waals surface area (Å²) in [6.45, 7) is 9.78. The summed E-state index contributed by atoms with van der Waals surface area (Å²) in [4.78, 5) is 23.7. The number of unbranched alkanes of at least 4 members (excludes halogenated alkanes) is 8. The third-order valence-corrected chi connectivity index (χ3v) is 4.79. The van der Waals surface area contributed by atoms with Gasteiger partial charge < -0.3 is 16.0 Å². The molecule has 2 atom stereocenters. The molecule has 2 amide bonds. The second kappa shape index (κ2) is 18.3. The topological polar surface area (TPSA) is 70.2 Å². The molecule has 0 aromatic carbocycles. The largest absolute Gasteiger partial charge is 0.355 e. The Hall–Kier alpha value is -1.10. The van der Waals surface area contributed by atoms with Gasteiger partial charge in [-0.15, -0.1) is 0 Å². The van der Waals surface area contributed by atoms with E-state index in [0.29, 0.717) is 25.9 Å². The molecule has 0 heterocycles. The summed E-state index contributed by atoms with van der Waals surface area (Å²) in [5.41, 5.74) is 0. The zero-order valence-electron chi connectivity index (χ0n) is 18.4. The monoisotopic (exact) mass is 383 g/mol. The number of amides is 2. The van der Waals surface area contributed by atoms with Crippen LogP contribution in [-0.2, 0) is 9.59 Å². The molecule has 0 bridgehead atoms. The van der Waals surface area contributed by atoms with E-state index in [4.69, 9.17) is 0 Å². The molecule has 0 aliphatic carbocycles. The van der Waals surface area contributed by atoms with Crippen LogP contribution in [0.2, 0.25) is 0 Å². The minimum Gasteiger partial charge on any atom is -0.355 e. The van der Waals surface area contributed by atoms with Gasteiger partial charge in [-0.25, -0.2) is 0 Å². The van der Waals surface area contributed by atoms with Crippen molar-refractivity contribution >= 4 is 11.8 Å². The van der Waals surface area contributed by atoms with E-state index in [9.17, 15) is 9.59 Å². The number of hydrogen-bond donors (Lipinski definition) is 3. The number of carbonyl (C=O) groups is 2. The molecule has 0 spiro atoms. The first-order valence-corrected chi connectivity index (χ1v) is 11.3. The van der Waals surface area contributed by atoms with Crippen LogP contribution in [0.3, 0.4) is 0 Å². The van der Waals surface area contributed by atoms with Crippen LogP contribution >= 0.6 is 0 Å². The maximum absolute atomic E-state index is 11.9. The van der Waals surface area contributed by atoms with Gasteiger partial charge in [-0.3, -0.25) is 9.59 Å². The fourth-order valence-corrected chi connectivity index (χ4v) is 3.09. The first-order chi connectivity index (χ1) is 13.0. The van der Waals surface area contributed by atoms with Crippen LogP contribution in [0, 0.1) is 0 Å². The second-order valence-electron chi connectivity index (χ2n) is 7.91. The van der Waals surface area contributed by atoms with E-state index in [0.717, 1.165) is 25.7 Å². The summed E-state index contributed by atoms with van der Waals surface area (Å²) in [5.74, 6) is 0.286. The van der Waals surface area contributed by atoms with Gasteiger partial charge in [0.25, 0.3) is 0 Å². The van der Waals surface area contributed by atoms with Gasteiger partial charge in [0.2, 0.25) is 11.8 Å². The Morgan fingerprint density at radius 3 is 1.37 bits per heavy atom. The van der Waals surface area contributed by atoms with Crippen molar-refractivity contribution in [1.82, 2.24) is 16.0 Å². The molecule has 0 radical (unpaired) electrons. The van der Waals surface area contributed by atoms with Crippen molar-refractivity contribution in [2.24, 2.45) is 0 Å². The van der Waals surface area contributed by atoms with Crippen molar-refractivity contribution < 1.29 is 9.59 Å². The van der Waals surface area contributed by atoms with E-state index >= 15 is 0 Å². The molecule has 0 fully saturated rings. The Morgan fingerprint density at radius 1 is 0.630 bits per heavy atom. The fraction of sp³-hybridized carbons (Fsp3) is 0.909.